The van der Waals surface area contributed by atoms with E-state index in [2.05, 4.69) is 42.8 Å². The Kier molecular flexibility index (Phi) is 6.45. The largest absolute Gasteiger partial charge is 0.389 e. The van der Waals surface area contributed by atoms with Crippen LogP contribution in [0.3, 0.4) is 0 Å². The molecule has 1 aliphatic rings. The Labute approximate surface area is 125 Å². The van der Waals surface area contributed by atoms with Crippen LogP contribution in [0, 0.1) is 5.41 Å². The minimum Gasteiger partial charge on any atom is -0.389 e. The standard InChI is InChI=1S/C16H35N3O/c1-7-17-14(2)15(3,4)12-18-8-10-19(11-9-18)13-16(5,6)20/h14,17,20H,7-13H2,1-6H3. The molecule has 0 spiro atoms. The van der Waals surface area contributed by atoms with Gasteiger partial charge in [-0.05, 0) is 32.7 Å². The average molecular weight is 285 g/mol. The van der Waals surface area contributed by atoms with Crippen LogP contribution in [0.2, 0.25) is 0 Å². The van der Waals surface area contributed by atoms with Crippen LogP contribution in [0.5, 0.6) is 0 Å². The van der Waals surface area contributed by atoms with Gasteiger partial charge in [-0.15, -0.1) is 0 Å². The highest BCUT2D eigenvalue weighted by Gasteiger charge is 2.30. The van der Waals surface area contributed by atoms with Crippen molar-refractivity contribution in [2.75, 3.05) is 45.8 Å². The van der Waals surface area contributed by atoms with Gasteiger partial charge in [0.15, 0.2) is 0 Å². The van der Waals surface area contributed by atoms with Gasteiger partial charge in [0.05, 0.1) is 5.60 Å². The first-order valence-electron chi connectivity index (χ1n) is 8.04. The first-order valence-corrected chi connectivity index (χ1v) is 8.04. The lowest BCUT2D eigenvalue weighted by atomic mass is 9.84. The molecule has 1 saturated heterocycles. The highest BCUT2D eigenvalue weighted by molar-refractivity contribution is 4.86. The van der Waals surface area contributed by atoms with Crippen molar-refractivity contribution in [2.24, 2.45) is 5.41 Å². The van der Waals surface area contributed by atoms with E-state index in [-0.39, 0.29) is 5.41 Å². The minimum atomic E-state index is -0.582. The molecule has 1 heterocycles. The van der Waals surface area contributed by atoms with E-state index in [4.69, 9.17) is 0 Å². The van der Waals surface area contributed by atoms with Gasteiger partial charge in [-0.2, -0.15) is 0 Å². The number of β-amino-alcohol motifs (C(OH)–C–C–N with tert-alkyl or cyclic N) is 1. The van der Waals surface area contributed by atoms with Gasteiger partial charge < -0.3 is 15.3 Å². The second-order valence-corrected chi connectivity index (χ2v) is 7.63. The predicted molar refractivity (Wildman–Crippen MR) is 86.1 cm³/mol. The van der Waals surface area contributed by atoms with E-state index in [9.17, 15) is 5.11 Å². The molecule has 2 N–H and O–H groups in total. The predicted octanol–water partition coefficient (Wildman–Crippen LogP) is 1.40. The summed E-state index contributed by atoms with van der Waals surface area (Å²) in [4.78, 5) is 4.94. The maximum absolute atomic E-state index is 9.89. The van der Waals surface area contributed by atoms with Crippen LogP contribution in [0.4, 0.5) is 0 Å². The maximum Gasteiger partial charge on any atom is 0.0718 e. The zero-order valence-electron chi connectivity index (χ0n) is 14.4. The fraction of sp³-hybridized carbons (Fsp3) is 1.00. The Morgan fingerprint density at radius 2 is 1.45 bits per heavy atom. The molecule has 0 amide bonds. The quantitative estimate of drug-likeness (QED) is 0.742. The Morgan fingerprint density at radius 3 is 1.85 bits per heavy atom. The molecule has 0 aromatic heterocycles. The van der Waals surface area contributed by atoms with Gasteiger partial charge in [0.1, 0.15) is 0 Å². The van der Waals surface area contributed by atoms with Crippen molar-refractivity contribution in [2.45, 2.75) is 53.2 Å². The van der Waals surface area contributed by atoms with Gasteiger partial charge in [0.2, 0.25) is 0 Å². The van der Waals surface area contributed by atoms with Crippen LogP contribution in [0.15, 0.2) is 0 Å². The molecule has 20 heavy (non-hydrogen) atoms. The first-order chi connectivity index (χ1) is 9.14. The zero-order chi connectivity index (χ0) is 15.4. The Morgan fingerprint density at radius 1 is 1.00 bits per heavy atom. The lowest BCUT2D eigenvalue weighted by molar-refractivity contribution is 0.0107. The van der Waals surface area contributed by atoms with Crippen LogP contribution in [-0.4, -0.2) is 72.4 Å². The molecule has 0 aromatic rings. The highest BCUT2D eigenvalue weighted by Crippen LogP contribution is 2.23. The van der Waals surface area contributed by atoms with Crippen molar-refractivity contribution in [3.05, 3.63) is 0 Å². The molecule has 4 nitrogen and oxygen atoms in total. The molecule has 1 fully saturated rings. The van der Waals surface area contributed by atoms with Gasteiger partial charge in [-0.1, -0.05) is 20.8 Å². The minimum absolute atomic E-state index is 0.286. The third kappa shape index (κ3) is 6.08. The Hall–Kier alpha value is -0.160. The smallest absolute Gasteiger partial charge is 0.0718 e. The number of rotatable bonds is 7. The van der Waals surface area contributed by atoms with Crippen molar-refractivity contribution in [3.8, 4) is 0 Å². The SMILES string of the molecule is CCNC(C)C(C)(C)CN1CCN(CC(C)(C)O)CC1. The van der Waals surface area contributed by atoms with Crippen molar-refractivity contribution in [3.63, 3.8) is 0 Å². The molecule has 1 rings (SSSR count). The molecule has 0 aliphatic carbocycles. The summed E-state index contributed by atoms with van der Waals surface area (Å²) in [6.45, 7) is 20.2. The lowest BCUT2D eigenvalue weighted by Gasteiger charge is -2.42. The molecule has 1 unspecified atom stereocenters. The number of piperazine rings is 1. The summed E-state index contributed by atoms with van der Waals surface area (Å²) in [6.07, 6.45) is 0. The van der Waals surface area contributed by atoms with Crippen LogP contribution in [-0.2, 0) is 0 Å². The van der Waals surface area contributed by atoms with Gasteiger partial charge in [0.25, 0.3) is 0 Å². The fourth-order valence-electron chi connectivity index (χ4n) is 2.95. The first kappa shape index (κ1) is 17.9. The highest BCUT2D eigenvalue weighted by atomic mass is 16.3. The van der Waals surface area contributed by atoms with Crippen molar-refractivity contribution >= 4 is 0 Å². The number of nitrogens with one attached hydrogen (secondary N) is 1. The molecule has 4 heteroatoms. The average Bonchev–Trinajstić information content (AvgIpc) is 2.30. The normalized spacial score (nSPS) is 21.1. The van der Waals surface area contributed by atoms with E-state index in [0.29, 0.717) is 6.04 Å². The van der Waals surface area contributed by atoms with Gasteiger partial charge in [-0.25, -0.2) is 0 Å². The van der Waals surface area contributed by atoms with Crippen LogP contribution < -0.4 is 5.32 Å². The van der Waals surface area contributed by atoms with Crippen LogP contribution in [0.1, 0.15) is 41.5 Å². The summed E-state index contributed by atoms with van der Waals surface area (Å²) in [5, 5.41) is 13.4. The monoisotopic (exact) mass is 285 g/mol. The maximum atomic E-state index is 9.89. The van der Waals surface area contributed by atoms with Gasteiger partial charge in [0, 0.05) is 45.3 Å². The molecule has 0 bridgehead atoms. The van der Waals surface area contributed by atoms with Crippen molar-refractivity contribution in [1.29, 1.82) is 0 Å². The number of hydrogen-bond acceptors (Lipinski definition) is 4. The second kappa shape index (κ2) is 7.21. The second-order valence-electron chi connectivity index (χ2n) is 7.63. The third-order valence-electron chi connectivity index (χ3n) is 4.39. The number of aliphatic hydroxyl groups is 1. The summed E-state index contributed by atoms with van der Waals surface area (Å²) in [6, 6.07) is 0.530. The van der Waals surface area contributed by atoms with Gasteiger partial charge in [-0.3, -0.25) is 4.90 Å². The summed E-state index contributed by atoms with van der Waals surface area (Å²) in [7, 11) is 0. The van der Waals surface area contributed by atoms with E-state index in [1.165, 1.54) is 0 Å². The van der Waals surface area contributed by atoms with E-state index >= 15 is 0 Å². The van der Waals surface area contributed by atoms with Crippen molar-refractivity contribution in [1.82, 2.24) is 15.1 Å². The van der Waals surface area contributed by atoms with E-state index in [1.807, 2.05) is 13.8 Å². The number of hydrogen-bond donors (Lipinski definition) is 2. The van der Waals surface area contributed by atoms with Crippen molar-refractivity contribution < 1.29 is 5.11 Å². The molecule has 120 valence electrons. The Balaban J connectivity index is 2.38. The summed E-state index contributed by atoms with van der Waals surface area (Å²) >= 11 is 0. The fourth-order valence-corrected chi connectivity index (χ4v) is 2.95. The zero-order valence-corrected chi connectivity index (χ0v) is 14.4. The third-order valence-corrected chi connectivity index (χ3v) is 4.39. The van der Waals surface area contributed by atoms with E-state index in [0.717, 1.165) is 45.8 Å². The molecule has 0 aromatic carbocycles. The number of nitrogens with zero attached hydrogens (tertiary/aromatic N) is 2. The Bertz CT molecular complexity index is 278. The van der Waals surface area contributed by atoms with Crippen LogP contribution in [0.25, 0.3) is 0 Å². The molecule has 0 radical (unpaired) electrons. The summed E-state index contributed by atoms with van der Waals surface area (Å²) in [5.41, 5.74) is -0.296. The van der Waals surface area contributed by atoms with Gasteiger partial charge >= 0.3 is 0 Å². The molecular formula is C16H35N3O. The molecular weight excluding hydrogens is 250 g/mol. The summed E-state index contributed by atoms with van der Waals surface area (Å²) in [5.74, 6) is 0. The summed E-state index contributed by atoms with van der Waals surface area (Å²) < 4.78 is 0. The lowest BCUT2D eigenvalue weighted by Crippen LogP contribution is -2.54. The van der Waals surface area contributed by atoms with E-state index < -0.39 is 5.60 Å². The molecule has 1 aliphatic heterocycles. The molecule has 0 saturated carbocycles. The van der Waals surface area contributed by atoms with E-state index in [1.54, 1.807) is 0 Å². The molecule has 1 atom stereocenters. The van der Waals surface area contributed by atoms with Crippen LogP contribution >= 0.6 is 0 Å². The topological polar surface area (TPSA) is 38.7 Å².